The summed E-state index contributed by atoms with van der Waals surface area (Å²) in [6.07, 6.45) is 6.64. The Bertz CT molecular complexity index is 422. The van der Waals surface area contributed by atoms with Crippen molar-refractivity contribution in [3.05, 3.63) is 0 Å². The first-order valence-electron chi connectivity index (χ1n) is 7.54. The third-order valence-corrected chi connectivity index (χ3v) is 5.48. The molecule has 0 aromatic heterocycles. The van der Waals surface area contributed by atoms with Crippen LogP contribution in [-0.4, -0.2) is 35.5 Å². The molecule has 0 aromatic carbocycles. The van der Waals surface area contributed by atoms with Crippen LogP contribution in [0.4, 0.5) is 0 Å². The van der Waals surface area contributed by atoms with E-state index in [1.807, 2.05) is 0 Å². The van der Waals surface area contributed by atoms with E-state index < -0.39 is 0 Å². The van der Waals surface area contributed by atoms with Gasteiger partial charge in [-0.05, 0) is 46.0 Å². The van der Waals surface area contributed by atoms with E-state index in [0.717, 1.165) is 38.5 Å². The summed E-state index contributed by atoms with van der Waals surface area (Å²) in [5.41, 5.74) is -0.236. The van der Waals surface area contributed by atoms with Gasteiger partial charge in [0.2, 0.25) is 0 Å². The normalized spacial score (nSPS) is 54.8. The summed E-state index contributed by atoms with van der Waals surface area (Å²) >= 11 is 0. The van der Waals surface area contributed by atoms with E-state index in [1.165, 1.54) is 0 Å². The molecule has 4 nitrogen and oxygen atoms in total. The number of epoxide rings is 2. The minimum Gasteiger partial charge on any atom is -0.459 e. The molecule has 2 saturated carbocycles. The van der Waals surface area contributed by atoms with Gasteiger partial charge in [-0.25, -0.2) is 0 Å². The topological polar surface area (TPSA) is 51.4 Å². The second-order valence-corrected chi connectivity index (χ2v) is 7.22. The lowest BCUT2D eigenvalue weighted by molar-refractivity contribution is -0.166. The number of rotatable bonds is 2. The minimum atomic E-state index is -0.306. The van der Waals surface area contributed by atoms with E-state index in [9.17, 15) is 4.79 Å². The molecule has 4 aliphatic rings. The molecule has 2 aliphatic carbocycles. The van der Waals surface area contributed by atoms with Crippen molar-refractivity contribution in [3.63, 3.8) is 0 Å². The lowest BCUT2D eigenvalue weighted by Gasteiger charge is -2.33. The lowest BCUT2D eigenvalue weighted by atomic mass is 9.82. The number of carbonyl (C=O) groups is 1. The lowest BCUT2D eigenvalue weighted by Crippen LogP contribution is -2.39. The Kier molecular flexibility index (Phi) is 2.39. The smallest absolute Gasteiger partial charge is 0.309 e. The Balaban J connectivity index is 1.36. The molecule has 19 heavy (non-hydrogen) atoms. The fourth-order valence-corrected chi connectivity index (χ4v) is 3.87. The maximum atomic E-state index is 12.3. The predicted molar refractivity (Wildman–Crippen MR) is 67.6 cm³/mol. The van der Waals surface area contributed by atoms with Crippen molar-refractivity contribution in [3.8, 4) is 0 Å². The quantitative estimate of drug-likeness (QED) is 0.568. The summed E-state index contributed by atoms with van der Waals surface area (Å²) in [6.45, 7) is 4.20. The first-order chi connectivity index (χ1) is 8.97. The van der Waals surface area contributed by atoms with Gasteiger partial charge in [-0.1, -0.05) is 0 Å². The van der Waals surface area contributed by atoms with Gasteiger partial charge >= 0.3 is 5.97 Å². The second kappa shape index (κ2) is 3.73. The van der Waals surface area contributed by atoms with Crippen LogP contribution in [0.15, 0.2) is 0 Å². The Labute approximate surface area is 113 Å². The molecule has 6 unspecified atom stereocenters. The number of hydrogen-bond donors (Lipinski definition) is 0. The molecule has 0 bridgehead atoms. The number of esters is 1. The van der Waals surface area contributed by atoms with Gasteiger partial charge in [0.1, 0.15) is 5.60 Å². The molecule has 4 rings (SSSR count). The molecule has 2 saturated heterocycles. The molecule has 6 atom stereocenters. The summed E-state index contributed by atoms with van der Waals surface area (Å²) in [5.74, 6) is 0.0226. The Morgan fingerprint density at radius 2 is 2.05 bits per heavy atom. The summed E-state index contributed by atoms with van der Waals surface area (Å²) < 4.78 is 17.0. The van der Waals surface area contributed by atoms with Crippen molar-refractivity contribution in [2.24, 2.45) is 5.92 Å². The molecule has 0 aromatic rings. The highest BCUT2D eigenvalue weighted by Crippen LogP contribution is 2.50. The maximum Gasteiger partial charge on any atom is 0.309 e. The summed E-state index contributed by atoms with van der Waals surface area (Å²) in [4.78, 5) is 12.3. The van der Waals surface area contributed by atoms with Gasteiger partial charge < -0.3 is 14.2 Å². The highest BCUT2D eigenvalue weighted by Gasteiger charge is 2.57. The van der Waals surface area contributed by atoms with Crippen LogP contribution in [-0.2, 0) is 19.0 Å². The zero-order chi connectivity index (χ0) is 13.3. The fraction of sp³-hybridized carbons (Fsp3) is 0.933. The monoisotopic (exact) mass is 266 g/mol. The van der Waals surface area contributed by atoms with Crippen molar-refractivity contribution in [2.75, 3.05) is 0 Å². The highest BCUT2D eigenvalue weighted by molar-refractivity contribution is 5.73. The van der Waals surface area contributed by atoms with Gasteiger partial charge in [0.15, 0.2) is 0 Å². The fourth-order valence-electron chi connectivity index (χ4n) is 3.87. The average Bonchev–Trinajstić information content (AvgIpc) is 3.21. The van der Waals surface area contributed by atoms with Crippen molar-refractivity contribution in [2.45, 2.75) is 81.9 Å². The first kappa shape index (κ1) is 12.2. The zero-order valence-corrected chi connectivity index (χ0v) is 11.7. The SMILES string of the molecule is CC1(OC(=O)C2CCC3(C)OC3C2)CCC2OC2C1. The molecule has 4 heteroatoms. The van der Waals surface area contributed by atoms with Gasteiger partial charge in [-0.2, -0.15) is 0 Å². The molecule has 0 N–H and O–H groups in total. The molecular formula is C15H22O4. The predicted octanol–water partition coefficient (Wildman–Crippen LogP) is 2.20. The van der Waals surface area contributed by atoms with Crippen molar-refractivity contribution < 1.29 is 19.0 Å². The van der Waals surface area contributed by atoms with E-state index in [2.05, 4.69) is 13.8 Å². The molecule has 2 heterocycles. The highest BCUT2D eigenvalue weighted by atomic mass is 16.6. The zero-order valence-electron chi connectivity index (χ0n) is 11.7. The number of carbonyl (C=O) groups excluding carboxylic acids is 1. The number of fused-ring (bicyclic) bond motifs is 2. The average molecular weight is 266 g/mol. The van der Waals surface area contributed by atoms with Gasteiger partial charge in [0, 0.05) is 6.42 Å². The van der Waals surface area contributed by atoms with Crippen LogP contribution in [0.5, 0.6) is 0 Å². The first-order valence-corrected chi connectivity index (χ1v) is 7.54. The van der Waals surface area contributed by atoms with E-state index >= 15 is 0 Å². The van der Waals surface area contributed by atoms with Crippen molar-refractivity contribution >= 4 is 5.97 Å². The maximum absolute atomic E-state index is 12.3. The Morgan fingerprint density at radius 3 is 2.79 bits per heavy atom. The van der Waals surface area contributed by atoms with E-state index in [-0.39, 0.29) is 29.2 Å². The molecule has 4 fully saturated rings. The second-order valence-electron chi connectivity index (χ2n) is 7.22. The summed E-state index contributed by atoms with van der Waals surface area (Å²) in [5, 5.41) is 0. The molecule has 2 aliphatic heterocycles. The van der Waals surface area contributed by atoms with Gasteiger partial charge in [-0.15, -0.1) is 0 Å². The van der Waals surface area contributed by atoms with Crippen LogP contribution < -0.4 is 0 Å². The van der Waals surface area contributed by atoms with Crippen molar-refractivity contribution in [1.82, 2.24) is 0 Å². The van der Waals surface area contributed by atoms with Crippen LogP contribution >= 0.6 is 0 Å². The van der Waals surface area contributed by atoms with E-state index in [0.29, 0.717) is 12.2 Å². The van der Waals surface area contributed by atoms with Crippen molar-refractivity contribution in [1.29, 1.82) is 0 Å². The van der Waals surface area contributed by atoms with Crippen LogP contribution in [0, 0.1) is 5.92 Å². The Morgan fingerprint density at radius 1 is 1.21 bits per heavy atom. The molecule has 0 radical (unpaired) electrons. The molecule has 0 amide bonds. The van der Waals surface area contributed by atoms with E-state index in [4.69, 9.17) is 14.2 Å². The largest absolute Gasteiger partial charge is 0.459 e. The minimum absolute atomic E-state index is 0.0147. The third-order valence-electron chi connectivity index (χ3n) is 5.48. The van der Waals surface area contributed by atoms with Gasteiger partial charge in [0.05, 0.1) is 29.8 Å². The summed E-state index contributed by atoms with van der Waals surface area (Å²) in [7, 11) is 0. The Hall–Kier alpha value is -0.610. The number of hydrogen-bond acceptors (Lipinski definition) is 4. The van der Waals surface area contributed by atoms with E-state index in [1.54, 1.807) is 0 Å². The van der Waals surface area contributed by atoms with Crippen LogP contribution in [0.2, 0.25) is 0 Å². The molecule has 0 spiro atoms. The standard InChI is InChI=1S/C15H22O4/c1-14(5-4-10-11(8-14)17-10)19-13(16)9-3-6-15(2)12(7-9)18-15/h9-12H,3-8H2,1-2H3. The third kappa shape index (κ3) is 2.09. The van der Waals surface area contributed by atoms with Crippen LogP contribution in [0.3, 0.4) is 0 Å². The van der Waals surface area contributed by atoms with Crippen LogP contribution in [0.1, 0.15) is 52.4 Å². The van der Waals surface area contributed by atoms with Crippen LogP contribution in [0.25, 0.3) is 0 Å². The molecular weight excluding hydrogens is 244 g/mol. The molecule has 106 valence electrons. The summed E-state index contributed by atoms with van der Waals surface area (Å²) in [6, 6.07) is 0. The van der Waals surface area contributed by atoms with Gasteiger partial charge in [-0.3, -0.25) is 4.79 Å². The number of ether oxygens (including phenoxy) is 3. The van der Waals surface area contributed by atoms with Gasteiger partial charge in [0.25, 0.3) is 0 Å².